The molecule has 2 amide bonds. The number of phenols is 1. The van der Waals surface area contributed by atoms with Gasteiger partial charge in [-0.15, -0.1) is 0 Å². The second-order valence-electron chi connectivity index (χ2n) is 5.14. The van der Waals surface area contributed by atoms with E-state index in [1.165, 1.54) is 11.1 Å². The molecule has 2 aromatic rings. The van der Waals surface area contributed by atoms with Crippen molar-refractivity contribution in [1.29, 1.82) is 0 Å². The summed E-state index contributed by atoms with van der Waals surface area (Å²) in [7, 11) is 0. The minimum atomic E-state index is -0.318. The second kappa shape index (κ2) is 6.79. The van der Waals surface area contributed by atoms with E-state index in [9.17, 15) is 9.90 Å². The van der Waals surface area contributed by atoms with E-state index in [2.05, 4.69) is 34.9 Å². The molecule has 0 unspecified atom stereocenters. The average Bonchev–Trinajstić information content (AvgIpc) is 2.44. The van der Waals surface area contributed by atoms with Crippen molar-refractivity contribution in [1.82, 2.24) is 5.32 Å². The number of aromatic hydroxyl groups is 1. The summed E-state index contributed by atoms with van der Waals surface area (Å²) in [5.74, 6) is 0.0729. The zero-order valence-electron chi connectivity index (χ0n) is 12.3. The van der Waals surface area contributed by atoms with Gasteiger partial charge in [-0.05, 0) is 43.5 Å². The monoisotopic (exact) mass is 284 g/mol. The molecule has 0 spiro atoms. The number of amides is 2. The molecule has 4 heteroatoms. The maximum atomic E-state index is 11.8. The topological polar surface area (TPSA) is 61.4 Å². The van der Waals surface area contributed by atoms with Crippen LogP contribution in [0.25, 0.3) is 0 Å². The van der Waals surface area contributed by atoms with Gasteiger partial charge in [0.15, 0.2) is 0 Å². The minimum absolute atomic E-state index is 0.0729. The molecule has 110 valence electrons. The largest absolute Gasteiger partial charge is 0.506 e. The van der Waals surface area contributed by atoms with Gasteiger partial charge in [-0.3, -0.25) is 0 Å². The molecular formula is C17H20N2O2. The van der Waals surface area contributed by atoms with Crippen molar-refractivity contribution in [2.45, 2.75) is 20.3 Å². The van der Waals surface area contributed by atoms with Gasteiger partial charge in [-0.2, -0.15) is 0 Å². The maximum absolute atomic E-state index is 11.8. The summed E-state index contributed by atoms with van der Waals surface area (Å²) < 4.78 is 0. The summed E-state index contributed by atoms with van der Waals surface area (Å²) in [6.07, 6.45) is 0.771. The highest BCUT2D eigenvalue weighted by molar-refractivity contribution is 5.90. The highest BCUT2D eigenvalue weighted by Gasteiger charge is 2.05. The number of anilines is 1. The third-order valence-electron chi connectivity index (χ3n) is 3.22. The average molecular weight is 284 g/mol. The Bertz CT molecular complexity index is 621. The van der Waals surface area contributed by atoms with Crippen molar-refractivity contribution < 1.29 is 9.90 Å². The molecule has 0 atom stereocenters. The Kier molecular flexibility index (Phi) is 4.82. The fourth-order valence-electron chi connectivity index (χ4n) is 1.99. The molecule has 2 rings (SSSR count). The number of aryl methyl sites for hydroxylation is 2. The summed E-state index contributed by atoms with van der Waals surface area (Å²) in [5.41, 5.74) is 3.75. The van der Waals surface area contributed by atoms with Crippen molar-refractivity contribution >= 4 is 11.7 Å². The van der Waals surface area contributed by atoms with Crippen LogP contribution in [-0.4, -0.2) is 17.7 Å². The lowest BCUT2D eigenvalue weighted by Gasteiger charge is -2.09. The van der Waals surface area contributed by atoms with Gasteiger partial charge in [0.05, 0.1) is 5.69 Å². The van der Waals surface area contributed by atoms with Gasteiger partial charge in [-0.1, -0.05) is 35.9 Å². The van der Waals surface area contributed by atoms with Gasteiger partial charge in [0.25, 0.3) is 0 Å². The zero-order chi connectivity index (χ0) is 15.2. The van der Waals surface area contributed by atoms with E-state index in [4.69, 9.17) is 0 Å². The predicted octanol–water partition coefficient (Wildman–Crippen LogP) is 3.37. The summed E-state index contributed by atoms with van der Waals surface area (Å²) in [5, 5.41) is 15.1. The number of carbonyl (C=O) groups is 1. The van der Waals surface area contributed by atoms with E-state index < -0.39 is 0 Å². The van der Waals surface area contributed by atoms with Crippen molar-refractivity contribution in [2.24, 2.45) is 0 Å². The van der Waals surface area contributed by atoms with Crippen LogP contribution >= 0.6 is 0 Å². The number of rotatable bonds is 4. The Balaban J connectivity index is 1.81. The van der Waals surface area contributed by atoms with Crippen molar-refractivity contribution in [3.05, 3.63) is 59.2 Å². The van der Waals surface area contributed by atoms with Gasteiger partial charge >= 0.3 is 6.03 Å². The van der Waals surface area contributed by atoms with Crippen LogP contribution in [0.5, 0.6) is 5.75 Å². The van der Waals surface area contributed by atoms with Crippen molar-refractivity contribution in [3.8, 4) is 5.75 Å². The Morgan fingerprint density at radius 3 is 2.38 bits per heavy atom. The number of nitrogens with one attached hydrogen (secondary N) is 2. The molecule has 0 aliphatic heterocycles. The molecule has 3 N–H and O–H groups in total. The van der Waals surface area contributed by atoms with Crippen LogP contribution in [0.3, 0.4) is 0 Å². The summed E-state index contributed by atoms with van der Waals surface area (Å²) in [4.78, 5) is 11.8. The van der Waals surface area contributed by atoms with Crippen molar-refractivity contribution in [3.63, 3.8) is 0 Å². The van der Waals surface area contributed by atoms with Crippen LogP contribution in [0.2, 0.25) is 0 Å². The normalized spacial score (nSPS) is 10.2. The molecule has 0 aliphatic carbocycles. The third kappa shape index (κ3) is 4.53. The Labute approximate surface area is 124 Å². The number of phenolic OH excluding ortho intramolecular Hbond substituents is 1. The standard InChI is InChI=1S/C17H20N2O2/c1-12-3-6-14(7-4-12)9-10-18-17(21)19-15-8-5-13(2)11-16(15)20/h3-8,11,20H,9-10H2,1-2H3,(H2,18,19,21). The fraction of sp³-hybridized carbons (Fsp3) is 0.235. The molecule has 4 nitrogen and oxygen atoms in total. The number of hydrogen-bond acceptors (Lipinski definition) is 2. The smallest absolute Gasteiger partial charge is 0.319 e. The molecule has 0 saturated heterocycles. The minimum Gasteiger partial charge on any atom is -0.506 e. The number of hydrogen-bond donors (Lipinski definition) is 3. The summed E-state index contributed by atoms with van der Waals surface area (Å²) in [6, 6.07) is 13.0. The van der Waals surface area contributed by atoms with Gasteiger partial charge < -0.3 is 15.7 Å². The van der Waals surface area contributed by atoms with Crippen LogP contribution in [0.15, 0.2) is 42.5 Å². The molecule has 0 saturated carbocycles. The molecule has 21 heavy (non-hydrogen) atoms. The lowest BCUT2D eigenvalue weighted by Crippen LogP contribution is -2.30. The van der Waals surface area contributed by atoms with E-state index in [-0.39, 0.29) is 11.8 Å². The van der Waals surface area contributed by atoms with Crippen molar-refractivity contribution in [2.75, 3.05) is 11.9 Å². The second-order valence-corrected chi connectivity index (χ2v) is 5.14. The first-order valence-corrected chi connectivity index (χ1v) is 6.94. The van der Waals surface area contributed by atoms with E-state index in [0.717, 1.165) is 12.0 Å². The third-order valence-corrected chi connectivity index (χ3v) is 3.22. The van der Waals surface area contributed by atoms with E-state index in [1.54, 1.807) is 12.1 Å². The summed E-state index contributed by atoms with van der Waals surface area (Å²) >= 11 is 0. The first-order chi connectivity index (χ1) is 10.0. The van der Waals surface area contributed by atoms with Crippen LogP contribution in [0.4, 0.5) is 10.5 Å². The molecular weight excluding hydrogens is 264 g/mol. The van der Waals surface area contributed by atoms with Gasteiger partial charge in [-0.25, -0.2) is 4.79 Å². The lowest BCUT2D eigenvalue weighted by atomic mass is 10.1. The highest BCUT2D eigenvalue weighted by atomic mass is 16.3. The number of benzene rings is 2. The predicted molar refractivity (Wildman–Crippen MR) is 84.7 cm³/mol. The first kappa shape index (κ1) is 14.9. The van der Waals surface area contributed by atoms with E-state index in [0.29, 0.717) is 12.2 Å². The Morgan fingerprint density at radius 1 is 1.05 bits per heavy atom. The molecule has 0 fully saturated rings. The van der Waals surface area contributed by atoms with E-state index in [1.807, 2.05) is 19.9 Å². The molecule has 0 heterocycles. The maximum Gasteiger partial charge on any atom is 0.319 e. The quantitative estimate of drug-likeness (QED) is 0.754. The molecule has 2 aromatic carbocycles. The van der Waals surface area contributed by atoms with Crippen LogP contribution in [-0.2, 0) is 6.42 Å². The fourth-order valence-corrected chi connectivity index (χ4v) is 1.99. The van der Waals surface area contributed by atoms with Crippen LogP contribution < -0.4 is 10.6 Å². The van der Waals surface area contributed by atoms with E-state index >= 15 is 0 Å². The molecule has 0 bridgehead atoms. The van der Waals surface area contributed by atoms with Gasteiger partial charge in [0.1, 0.15) is 5.75 Å². The molecule has 0 radical (unpaired) electrons. The Morgan fingerprint density at radius 2 is 1.71 bits per heavy atom. The van der Waals surface area contributed by atoms with Crippen LogP contribution in [0.1, 0.15) is 16.7 Å². The van der Waals surface area contributed by atoms with Gasteiger partial charge in [0, 0.05) is 6.54 Å². The summed E-state index contributed by atoms with van der Waals surface area (Å²) in [6.45, 7) is 4.47. The highest BCUT2D eigenvalue weighted by Crippen LogP contribution is 2.23. The Hall–Kier alpha value is -2.49. The molecule has 0 aromatic heterocycles. The molecule has 0 aliphatic rings. The van der Waals surface area contributed by atoms with Crippen LogP contribution in [0, 0.1) is 13.8 Å². The van der Waals surface area contributed by atoms with Gasteiger partial charge in [0.2, 0.25) is 0 Å². The first-order valence-electron chi connectivity index (χ1n) is 6.94. The number of urea groups is 1. The number of carbonyl (C=O) groups excluding carboxylic acids is 1. The SMILES string of the molecule is Cc1ccc(CCNC(=O)Nc2ccc(C)cc2O)cc1. The zero-order valence-corrected chi connectivity index (χ0v) is 12.3. The lowest BCUT2D eigenvalue weighted by molar-refractivity contribution is 0.252.